The van der Waals surface area contributed by atoms with Crippen molar-refractivity contribution in [2.45, 2.75) is 26.8 Å². The van der Waals surface area contributed by atoms with Gasteiger partial charge in [0.1, 0.15) is 5.75 Å². The first-order valence-corrected chi connectivity index (χ1v) is 11.8. The van der Waals surface area contributed by atoms with Gasteiger partial charge in [0.15, 0.2) is 17.3 Å². The number of aliphatic hydroxyl groups is 1. The third-order valence-corrected chi connectivity index (χ3v) is 6.78. The number of rotatable bonds is 8. The number of methoxy groups -OCH3 is 2. The van der Waals surface area contributed by atoms with Gasteiger partial charge in [-0.2, -0.15) is 0 Å². The van der Waals surface area contributed by atoms with Gasteiger partial charge >= 0.3 is 0 Å². The number of amides is 1. The molecule has 1 aromatic heterocycles. The number of aliphatic hydroxyl groups excluding tert-OH is 1. The number of hydrogen-bond acceptors (Lipinski definition) is 8. The molecule has 0 radical (unpaired) electrons. The molecule has 0 spiro atoms. The number of benzene rings is 2. The van der Waals surface area contributed by atoms with Gasteiger partial charge in [0.25, 0.3) is 5.91 Å². The number of para-hydroxylation sites is 2. The predicted octanol–water partition coefficient (Wildman–Crippen LogP) is 4.96. The maximum absolute atomic E-state index is 13.8. The first-order valence-electron chi connectivity index (χ1n) is 11.0. The fraction of sp³-hybridized carbons (Fsp3) is 0.269. The van der Waals surface area contributed by atoms with Gasteiger partial charge in [-0.15, -0.1) is 11.3 Å². The fourth-order valence-electron chi connectivity index (χ4n) is 4.23. The Kier molecular flexibility index (Phi) is 6.79. The van der Waals surface area contributed by atoms with E-state index in [9.17, 15) is 14.7 Å². The van der Waals surface area contributed by atoms with E-state index >= 15 is 0 Å². The van der Waals surface area contributed by atoms with Gasteiger partial charge in [-0.3, -0.25) is 14.5 Å². The molecule has 3 aromatic rings. The van der Waals surface area contributed by atoms with Crippen molar-refractivity contribution in [2.24, 2.45) is 0 Å². The molecule has 182 valence electrons. The van der Waals surface area contributed by atoms with E-state index in [0.29, 0.717) is 45.7 Å². The highest BCUT2D eigenvalue weighted by molar-refractivity contribution is 7.14. The van der Waals surface area contributed by atoms with Crippen LogP contribution in [-0.4, -0.2) is 42.6 Å². The number of carbonyl (C=O) groups excluding carboxylic acids is 2. The van der Waals surface area contributed by atoms with Gasteiger partial charge in [-0.25, -0.2) is 4.98 Å². The Bertz CT molecular complexity index is 1330. The number of anilines is 1. The molecule has 0 saturated carbocycles. The molecule has 1 aliphatic heterocycles. The van der Waals surface area contributed by atoms with E-state index in [-0.39, 0.29) is 5.57 Å². The van der Waals surface area contributed by atoms with Gasteiger partial charge in [0, 0.05) is 0 Å². The maximum atomic E-state index is 13.8. The summed E-state index contributed by atoms with van der Waals surface area (Å²) in [5.74, 6) is -0.354. The van der Waals surface area contributed by atoms with Gasteiger partial charge in [0.2, 0.25) is 5.78 Å². The van der Waals surface area contributed by atoms with Crippen molar-refractivity contribution in [1.29, 1.82) is 0 Å². The Labute approximate surface area is 207 Å². The number of carbonyl (C=O) groups is 2. The molecule has 4 rings (SSSR count). The Hall–Kier alpha value is -3.85. The molecule has 1 N–H and O–H groups in total. The zero-order valence-electron chi connectivity index (χ0n) is 20.1. The SMILES string of the molecule is CCOc1cc(C2C(C(=O)c3sc(C)nc3C)=C(O)C(=O)N2c2ccccc2OC)ccc1OC. The summed E-state index contributed by atoms with van der Waals surface area (Å²) in [7, 11) is 3.03. The zero-order valence-corrected chi connectivity index (χ0v) is 20.9. The van der Waals surface area contributed by atoms with Crippen LogP contribution in [0.4, 0.5) is 5.69 Å². The minimum absolute atomic E-state index is 0.0275. The highest BCUT2D eigenvalue weighted by atomic mass is 32.1. The number of aromatic nitrogens is 1. The molecule has 35 heavy (non-hydrogen) atoms. The maximum Gasteiger partial charge on any atom is 0.294 e. The largest absolute Gasteiger partial charge is 0.503 e. The second-order valence-electron chi connectivity index (χ2n) is 7.83. The highest BCUT2D eigenvalue weighted by Gasteiger charge is 2.46. The van der Waals surface area contributed by atoms with Gasteiger partial charge in [0.05, 0.1) is 53.7 Å². The average molecular weight is 495 g/mol. The highest BCUT2D eigenvalue weighted by Crippen LogP contribution is 2.46. The summed E-state index contributed by atoms with van der Waals surface area (Å²) >= 11 is 1.23. The third-order valence-electron chi connectivity index (χ3n) is 5.71. The van der Waals surface area contributed by atoms with Crippen molar-refractivity contribution < 1.29 is 28.9 Å². The van der Waals surface area contributed by atoms with E-state index in [2.05, 4.69) is 4.98 Å². The molecule has 1 unspecified atom stereocenters. The number of nitrogens with zero attached hydrogens (tertiary/aromatic N) is 2. The summed E-state index contributed by atoms with van der Waals surface area (Å²) in [5.41, 5.74) is 1.51. The summed E-state index contributed by atoms with van der Waals surface area (Å²) in [6.07, 6.45) is 0. The lowest BCUT2D eigenvalue weighted by Crippen LogP contribution is -2.31. The molecule has 1 aliphatic rings. The van der Waals surface area contributed by atoms with Crippen LogP contribution in [-0.2, 0) is 4.79 Å². The van der Waals surface area contributed by atoms with Crippen molar-refractivity contribution >= 4 is 28.7 Å². The van der Waals surface area contributed by atoms with Crippen LogP contribution in [0.5, 0.6) is 17.2 Å². The van der Waals surface area contributed by atoms with E-state index in [1.165, 1.54) is 30.5 Å². The zero-order chi connectivity index (χ0) is 25.3. The van der Waals surface area contributed by atoms with E-state index in [0.717, 1.165) is 5.01 Å². The van der Waals surface area contributed by atoms with E-state index in [4.69, 9.17) is 14.2 Å². The summed E-state index contributed by atoms with van der Waals surface area (Å²) in [6.45, 7) is 5.78. The van der Waals surface area contributed by atoms with Crippen molar-refractivity contribution in [2.75, 3.05) is 25.7 Å². The summed E-state index contributed by atoms with van der Waals surface area (Å²) in [5, 5.41) is 11.8. The fourth-order valence-corrected chi connectivity index (χ4v) is 5.10. The van der Waals surface area contributed by atoms with E-state index in [1.807, 2.05) is 6.92 Å². The van der Waals surface area contributed by atoms with E-state index in [1.54, 1.807) is 56.3 Å². The van der Waals surface area contributed by atoms with E-state index < -0.39 is 23.5 Å². The van der Waals surface area contributed by atoms with Gasteiger partial charge in [-0.05, 0) is 50.6 Å². The lowest BCUT2D eigenvalue weighted by atomic mass is 9.94. The van der Waals surface area contributed by atoms with Crippen LogP contribution in [0, 0.1) is 13.8 Å². The lowest BCUT2D eigenvalue weighted by Gasteiger charge is -2.28. The minimum atomic E-state index is -0.932. The standard InChI is InChI=1S/C26H26N2O6S/c1-6-34-20-13-16(11-12-19(20)33-5)22-21(23(29)25-14(2)27-15(3)35-25)24(30)26(31)28(22)17-9-7-8-10-18(17)32-4/h7-13,22,30H,6H2,1-5H3. The lowest BCUT2D eigenvalue weighted by molar-refractivity contribution is -0.117. The topological polar surface area (TPSA) is 98.2 Å². The average Bonchev–Trinajstić information content (AvgIpc) is 3.33. The Morgan fingerprint density at radius 2 is 1.80 bits per heavy atom. The van der Waals surface area contributed by atoms with Crippen molar-refractivity contribution in [3.63, 3.8) is 0 Å². The van der Waals surface area contributed by atoms with Crippen LogP contribution < -0.4 is 19.1 Å². The van der Waals surface area contributed by atoms with Crippen molar-refractivity contribution in [3.05, 3.63) is 74.9 Å². The van der Waals surface area contributed by atoms with Crippen LogP contribution in [0.3, 0.4) is 0 Å². The van der Waals surface area contributed by atoms with Crippen LogP contribution in [0.25, 0.3) is 0 Å². The smallest absolute Gasteiger partial charge is 0.294 e. The molecule has 9 heteroatoms. The molecular formula is C26H26N2O6S. The first-order chi connectivity index (χ1) is 16.8. The molecule has 1 amide bonds. The number of ketones is 1. The predicted molar refractivity (Wildman–Crippen MR) is 133 cm³/mol. The monoisotopic (exact) mass is 494 g/mol. The summed E-state index contributed by atoms with van der Waals surface area (Å²) in [4.78, 5) is 33.3. The molecule has 0 aliphatic carbocycles. The molecule has 1 atom stereocenters. The first kappa shape index (κ1) is 24.3. The third kappa shape index (κ3) is 4.23. The van der Waals surface area contributed by atoms with Crippen molar-refractivity contribution in [1.82, 2.24) is 4.98 Å². The van der Waals surface area contributed by atoms with Crippen LogP contribution in [0.1, 0.15) is 38.9 Å². The number of ether oxygens (including phenoxy) is 3. The van der Waals surface area contributed by atoms with Gasteiger partial charge < -0.3 is 19.3 Å². The second kappa shape index (κ2) is 9.79. The minimum Gasteiger partial charge on any atom is -0.503 e. The molecule has 2 aromatic carbocycles. The molecule has 0 bridgehead atoms. The molecule has 8 nitrogen and oxygen atoms in total. The molecular weight excluding hydrogens is 468 g/mol. The Morgan fingerprint density at radius 1 is 1.09 bits per heavy atom. The van der Waals surface area contributed by atoms with Crippen LogP contribution in [0.2, 0.25) is 0 Å². The Balaban J connectivity index is 1.94. The number of hydrogen-bond donors (Lipinski definition) is 1. The van der Waals surface area contributed by atoms with Crippen molar-refractivity contribution in [3.8, 4) is 17.2 Å². The molecule has 0 saturated heterocycles. The van der Waals surface area contributed by atoms with Crippen LogP contribution in [0.15, 0.2) is 53.8 Å². The number of aryl methyl sites for hydroxylation is 2. The Morgan fingerprint density at radius 3 is 2.43 bits per heavy atom. The number of thiazole rings is 1. The summed E-state index contributed by atoms with van der Waals surface area (Å²) in [6, 6.07) is 11.2. The van der Waals surface area contributed by atoms with Gasteiger partial charge in [-0.1, -0.05) is 18.2 Å². The quantitative estimate of drug-likeness (QED) is 0.442. The molecule has 0 fully saturated rings. The molecule has 2 heterocycles. The summed E-state index contributed by atoms with van der Waals surface area (Å²) < 4.78 is 16.6. The normalized spacial score (nSPS) is 15.5. The van der Waals surface area contributed by atoms with Crippen LogP contribution >= 0.6 is 11.3 Å². The second-order valence-corrected chi connectivity index (χ2v) is 9.03. The number of Topliss-reactive ketones (excluding diaryl/α,β-unsaturated/α-hetero) is 1.